The first-order chi connectivity index (χ1) is 16.4. The first kappa shape index (κ1) is 26.7. The summed E-state index contributed by atoms with van der Waals surface area (Å²) < 4.78 is 57.2. The van der Waals surface area contributed by atoms with E-state index in [4.69, 9.17) is 27.9 Å². The Balaban J connectivity index is 1.47. The minimum Gasteiger partial charge on any atom is -0.362 e. The molecule has 0 radical (unpaired) electrons. The third-order valence-electron chi connectivity index (χ3n) is 6.03. The Bertz CT molecular complexity index is 1150. The van der Waals surface area contributed by atoms with Crippen LogP contribution in [0.25, 0.3) is 0 Å². The molecule has 1 spiro atoms. The number of likely N-dealkylation sites (tertiary alicyclic amines) is 1. The van der Waals surface area contributed by atoms with Crippen LogP contribution >= 0.6 is 42.4 Å². The van der Waals surface area contributed by atoms with Crippen molar-refractivity contribution >= 4 is 54.1 Å². The Labute approximate surface area is 215 Å². The lowest BCUT2D eigenvalue weighted by Crippen LogP contribution is -2.61. The number of ether oxygens (including phenoxy) is 1. The predicted molar refractivity (Wildman–Crippen MR) is 130 cm³/mol. The molecule has 4 rings (SSSR count). The van der Waals surface area contributed by atoms with Crippen molar-refractivity contribution in [3.63, 3.8) is 0 Å². The fourth-order valence-electron chi connectivity index (χ4n) is 4.33. The minimum absolute atomic E-state index is 0.0461. The number of hydrogen-bond acceptors (Lipinski definition) is 4. The van der Waals surface area contributed by atoms with Gasteiger partial charge in [0.15, 0.2) is 11.6 Å². The van der Waals surface area contributed by atoms with Crippen molar-refractivity contribution < 1.29 is 31.9 Å². The number of nitrogens with zero attached hydrogens (tertiary/aromatic N) is 1. The number of ketones is 1. The molecule has 1 fully saturated rings. The zero-order valence-electron chi connectivity index (χ0n) is 18.3. The fourth-order valence-corrected chi connectivity index (χ4v) is 7.14. The molecule has 35 heavy (non-hydrogen) atoms. The highest BCUT2D eigenvalue weighted by atomic mass is 35.5. The van der Waals surface area contributed by atoms with E-state index in [0.717, 1.165) is 16.0 Å². The molecule has 1 amide bonds. The molecule has 1 unspecified atom stereocenters. The van der Waals surface area contributed by atoms with E-state index in [0.29, 0.717) is 18.9 Å². The van der Waals surface area contributed by atoms with Crippen LogP contribution in [0.5, 0.6) is 0 Å². The highest BCUT2D eigenvalue weighted by Gasteiger charge is 2.52. The van der Waals surface area contributed by atoms with Crippen molar-refractivity contribution in [2.75, 3.05) is 19.8 Å². The third-order valence-corrected chi connectivity index (χ3v) is 9.10. The summed E-state index contributed by atoms with van der Waals surface area (Å²) in [5, 5.41) is -0.474. The van der Waals surface area contributed by atoms with Crippen molar-refractivity contribution in [3.8, 4) is 0 Å². The Hall–Kier alpha value is -1.38. The van der Waals surface area contributed by atoms with Crippen LogP contribution in [0.4, 0.5) is 17.6 Å². The van der Waals surface area contributed by atoms with Crippen LogP contribution in [0.1, 0.15) is 45.1 Å². The number of amides is 1. The number of carbonyl (C=O) groups is 2. The summed E-state index contributed by atoms with van der Waals surface area (Å²) in [6, 6.07) is 8.11. The second kappa shape index (κ2) is 10.2. The van der Waals surface area contributed by atoms with Crippen LogP contribution in [0.15, 0.2) is 30.3 Å². The Morgan fingerprint density at radius 2 is 1.86 bits per heavy atom. The quantitative estimate of drug-likeness (QED) is 0.158. The number of fused-ring (bicyclic) bond motifs is 2. The van der Waals surface area contributed by atoms with E-state index in [9.17, 15) is 27.2 Å². The molecule has 2 aromatic carbocycles. The minimum atomic E-state index is -4.55. The van der Waals surface area contributed by atoms with Crippen LogP contribution in [-0.4, -0.2) is 42.5 Å². The van der Waals surface area contributed by atoms with Gasteiger partial charge in [-0.05, 0) is 41.6 Å². The van der Waals surface area contributed by atoms with Gasteiger partial charge in [0.05, 0.1) is 29.7 Å². The molecular weight excluding hydrogens is 548 g/mol. The molecule has 0 N–H and O–H groups in total. The average Bonchev–Trinajstić information content (AvgIpc) is 3.13. The van der Waals surface area contributed by atoms with Crippen LogP contribution in [-0.2, 0) is 21.7 Å². The molecule has 188 valence electrons. The van der Waals surface area contributed by atoms with Gasteiger partial charge in [0.2, 0.25) is 5.91 Å². The second-order valence-corrected chi connectivity index (χ2v) is 12.4. The van der Waals surface area contributed by atoms with Gasteiger partial charge in [-0.1, -0.05) is 43.1 Å². The lowest BCUT2D eigenvalue weighted by Gasteiger charge is -2.47. The molecule has 0 aromatic heterocycles. The van der Waals surface area contributed by atoms with E-state index in [1.54, 1.807) is 29.6 Å². The number of benzene rings is 2. The van der Waals surface area contributed by atoms with Crippen molar-refractivity contribution in [3.05, 3.63) is 68.4 Å². The summed E-state index contributed by atoms with van der Waals surface area (Å²) in [6.07, 6.45) is -5.90. The number of hydrogen-bond donors (Lipinski definition) is 0. The lowest BCUT2D eigenvalue weighted by atomic mass is 9.84. The van der Waals surface area contributed by atoms with Crippen LogP contribution in [0, 0.1) is 5.82 Å². The highest BCUT2D eigenvalue weighted by Crippen LogP contribution is 2.46. The number of halogens is 6. The van der Waals surface area contributed by atoms with Crippen LogP contribution in [0.3, 0.4) is 0 Å². The van der Waals surface area contributed by atoms with E-state index in [-0.39, 0.29) is 47.2 Å². The highest BCUT2D eigenvalue weighted by molar-refractivity contribution is 8.49. The zero-order chi connectivity index (χ0) is 25.5. The molecule has 1 saturated heterocycles. The lowest BCUT2D eigenvalue weighted by molar-refractivity contribution is -0.185. The summed E-state index contributed by atoms with van der Waals surface area (Å²) in [7, 11) is 0.471. The summed E-state index contributed by atoms with van der Waals surface area (Å²) in [4.78, 5) is 26.1. The van der Waals surface area contributed by atoms with Gasteiger partial charge in [-0.25, -0.2) is 4.39 Å². The fraction of sp³-hybridized carbons (Fsp3) is 0.391. The van der Waals surface area contributed by atoms with E-state index >= 15 is 0 Å². The van der Waals surface area contributed by atoms with E-state index in [1.165, 1.54) is 12.1 Å². The smallest absolute Gasteiger partial charge is 0.362 e. The molecule has 0 saturated carbocycles. The molecule has 2 aliphatic heterocycles. The molecule has 2 aliphatic rings. The van der Waals surface area contributed by atoms with Gasteiger partial charge in [-0.2, -0.15) is 13.2 Å². The summed E-state index contributed by atoms with van der Waals surface area (Å²) in [5.41, 5.74) is 1.85. The molecule has 2 atom stereocenters. The van der Waals surface area contributed by atoms with Gasteiger partial charge in [0, 0.05) is 17.2 Å². The number of rotatable bonds is 7. The maximum Gasteiger partial charge on any atom is 0.397 e. The molecule has 4 nitrogen and oxygen atoms in total. The molecule has 12 heteroatoms. The van der Waals surface area contributed by atoms with E-state index in [2.05, 4.69) is 0 Å². The number of Topliss-reactive ketones (excluding diaryl/α,β-unsaturated/α-hetero) is 1. The van der Waals surface area contributed by atoms with Gasteiger partial charge >= 0.3 is 6.18 Å². The molecule has 0 aliphatic carbocycles. The first-order valence-electron chi connectivity index (χ1n) is 10.5. The topological polar surface area (TPSA) is 46.6 Å². The summed E-state index contributed by atoms with van der Waals surface area (Å²) >= 11 is 13.4. The predicted octanol–water partition coefficient (Wildman–Crippen LogP) is 6.92. The molecule has 0 bridgehead atoms. The van der Waals surface area contributed by atoms with Crippen molar-refractivity contribution in [1.82, 2.24) is 4.90 Å². The van der Waals surface area contributed by atoms with Crippen LogP contribution < -0.4 is 0 Å². The van der Waals surface area contributed by atoms with Gasteiger partial charge in [0.1, 0.15) is 12.0 Å². The maximum atomic E-state index is 13.8. The Morgan fingerprint density at radius 1 is 1.20 bits per heavy atom. The average molecular weight is 568 g/mol. The zero-order valence-corrected chi connectivity index (χ0v) is 21.7. The van der Waals surface area contributed by atoms with Crippen molar-refractivity contribution in [1.29, 1.82) is 0 Å². The molecular formula is C23H20Cl2F4NO3PS. The Kier molecular flexibility index (Phi) is 7.75. The van der Waals surface area contributed by atoms with Gasteiger partial charge < -0.3 is 9.64 Å². The van der Waals surface area contributed by atoms with Gasteiger partial charge in [-0.15, -0.1) is 11.4 Å². The normalized spacial score (nSPS) is 17.6. The standard InChI is InChI=1S/C23H20Cl2F4NO3PS/c1-34-35-19(13-5-16(24)21(26)17(25)6-13)7-18(31)12-2-3-15-14(4-12)9-33-22(15)10-30(11-22)20(32)8-23(27,28)29/h2-6,19,34H,7-11H2,1H3/t19-/m0/s1. The van der Waals surface area contributed by atoms with Crippen molar-refractivity contribution in [2.24, 2.45) is 0 Å². The Morgan fingerprint density at radius 3 is 2.46 bits per heavy atom. The monoisotopic (exact) mass is 567 g/mol. The number of alkyl halides is 3. The molecule has 2 aromatic rings. The summed E-state index contributed by atoms with van der Waals surface area (Å²) in [5.74, 6) is -1.81. The first-order valence-corrected chi connectivity index (χ1v) is 14.4. The summed E-state index contributed by atoms with van der Waals surface area (Å²) in [6.45, 7) is 2.27. The third kappa shape index (κ3) is 5.64. The van der Waals surface area contributed by atoms with Gasteiger partial charge in [0.25, 0.3) is 0 Å². The second-order valence-electron chi connectivity index (χ2n) is 8.43. The van der Waals surface area contributed by atoms with Crippen molar-refractivity contribution in [2.45, 2.75) is 36.5 Å². The largest absolute Gasteiger partial charge is 0.397 e. The van der Waals surface area contributed by atoms with E-state index < -0.39 is 29.9 Å². The van der Waals surface area contributed by atoms with E-state index in [1.807, 2.05) is 6.66 Å². The number of carbonyl (C=O) groups excluding carboxylic acids is 2. The van der Waals surface area contributed by atoms with Gasteiger partial charge in [-0.3, -0.25) is 9.59 Å². The maximum absolute atomic E-state index is 13.8. The van der Waals surface area contributed by atoms with Crippen LogP contribution in [0.2, 0.25) is 10.0 Å². The SMILES string of the molecule is CPS[C@@H](CC(=O)c1ccc2c(c1)COC21CN(C(=O)CC(F)(F)F)C1)c1cc(Cl)c(F)c(Cl)c1. The molecule has 2 heterocycles.